The molecule has 0 amide bonds. The molecule has 0 unspecified atom stereocenters. The van der Waals surface area contributed by atoms with Gasteiger partial charge in [0.25, 0.3) is 0 Å². The molecule has 4 atom stereocenters. The molecule has 2 heterocycles. The molecule has 12 nitrogen and oxygen atoms in total. The molecule has 0 aromatic carbocycles. The van der Waals surface area contributed by atoms with E-state index in [1.165, 1.54) is 7.11 Å². The Morgan fingerprint density at radius 1 is 1.54 bits per heavy atom. The number of carbonyl (C=O) groups is 1. The van der Waals surface area contributed by atoms with Gasteiger partial charge in [-0.05, 0) is 0 Å². The first-order chi connectivity index (χ1) is 11.2. The minimum Gasteiger partial charge on any atom is -0.387 e. The lowest BCUT2D eigenvalue weighted by atomic mass is 10.1. The highest BCUT2D eigenvalue weighted by atomic mass is 31.2. The Morgan fingerprint density at radius 2 is 2.21 bits per heavy atom. The highest BCUT2D eigenvalue weighted by molar-refractivity contribution is 7.46. The molecule has 1 aliphatic heterocycles. The summed E-state index contributed by atoms with van der Waals surface area (Å²) >= 11 is 0. The van der Waals surface area contributed by atoms with E-state index in [0.29, 0.717) is 6.29 Å². The summed E-state index contributed by atoms with van der Waals surface area (Å²) in [6, 6.07) is 0. The number of carbonyl (C=O) groups excluding carboxylic acids is 1. The summed E-state index contributed by atoms with van der Waals surface area (Å²) in [6.07, 6.45) is -3.33. The van der Waals surface area contributed by atoms with E-state index in [0.717, 1.165) is 10.8 Å². The van der Waals surface area contributed by atoms with Gasteiger partial charge in [-0.1, -0.05) is 0 Å². The number of aldehydes is 1. The van der Waals surface area contributed by atoms with E-state index >= 15 is 0 Å². The van der Waals surface area contributed by atoms with E-state index in [1.54, 1.807) is 0 Å². The zero-order chi connectivity index (χ0) is 18.1. The number of phosphoric ester groups is 1. The number of nitrogen functional groups attached to an aromatic ring is 1. The third-order valence-corrected chi connectivity index (χ3v) is 3.89. The molecular formula is C11H16N3O9P. The molecule has 0 saturated carbocycles. The smallest absolute Gasteiger partial charge is 0.387 e. The molecule has 1 aliphatic rings. The second-order valence-electron chi connectivity index (χ2n) is 4.93. The molecule has 1 saturated heterocycles. The summed E-state index contributed by atoms with van der Waals surface area (Å²) in [5, 5.41) is 10.1. The lowest BCUT2D eigenvalue weighted by Crippen LogP contribution is -2.38. The third kappa shape index (κ3) is 3.87. The number of aliphatic hydroxyl groups is 1. The lowest BCUT2D eigenvalue weighted by molar-refractivity contribution is -0.0619. The zero-order valence-electron chi connectivity index (χ0n) is 12.4. The molecule has 0 bridgehead atoms. The van der Waals surface area contributed by atoms with E-state index in [9.17, 15) is 19.3 Å². The monoisotopic (exact) mass is 365 g/mol. The maximum absolute atomic E-state index is 12.0. The lowest BCUT2D eigenvalue weighted by Gasteiger charge is -2.20. The fraction of sp³-hybridized carbons (Fsp3) is 0.545. The quantitative estimate of drug-likeness (QED) is 0.323. The van der Waals surface area contributed by atoms with Gasteiger partial charge >= 0.3 is 13.5 Å². The summed E-state index contributed by atoms with van der Waals surface area (Å²) in [7, 11) is -3.53. The van der Waals surface area contributed by atoms with Gasteiger partial charge in [-0.2, -0.15) is 4.98 Å². The Bertz CT molecular complexity index is 717. The van der Waals surface area contributed by atoms with Crippen molar-refractivity contribution in [1.29, 1.82) is 0 Å². The van der Waals surface area contributed by atoms with Crippen LogP contribution >= 0.6 is 7.82 Å². The molecule has 134 valence electrons. The summed E-state index contributed by atoms with van der Waals surface area (Å²) in [6.45, 7) is -0.639. The van der Waals surface area contributed by atoms with Crippen molar-refractivity contribution in [1.82, 2.24) is 9.55 Å². The van der Waals surface area contributed by atoms with E-state index < -0.39 is 44.7 Å². The van der Waals surface area contributed by atoms with E-state index in [1.807, 2.05) is 0 Å². The van der Waals surface area contributed by atoms with Crippen LogP contribution in [0.4, 0.5) is 5.82 Å². The number of aromatic nitrogens is 2. The number of anilines is 1. The minimum atomic E-state index is -4.77. The molecule has 1 aromatic heterocycles. The molecule has 0 aliphatic carbocycles. The van der Waals surface area contributed by atoms with Crippen molar-refractivity contribution in [2.45, 2.75) is 24.5 Å². The minimum absolute atomic E-state index is 0.0718. The SMILES string of the molecule is CO[C@@H]1[C@H](O)[C@@H](COP(=O)(O)O)O[C@H]1n1cc(C=O)c(N)nc1=O. The number of ether oxygens (including phenoxy) is 2. The van der Waals surface area contributed by atoms with Gasteiger partial charge in [0, 0.05) is 13.3 Å². The van der Waals surface area contributed by atoms with Gasteiger partial charge in [0.1, 0.15) is 24.1 Å². The average Bonchev–Trinajstić information content (AvgIpc) is 2.80. The number of nitrogens with two attached hydrogens (primary N) is 1. The number of aliphatic hydroxyl groups excluding tert-OH is 1. The molecule has 24 heavy (non-hydrogen) atoms. The van der Waals surface area contributed by atoms with E-state index in [2.05, 4.69) is 9.51 Å². The first-order valence-electron chi connectivity index (χ1n) is 6.58. The number of nitrogens with zero attached hydrogens (tertiary/aromatic N) is 2. The van der Waals surface area contributed by atoms with Crippen LogP contribution in [0.15, 0.2) is 11.0 Å². The number of phosphoric acid groups is 1. The molecule has 1 aromatic rings. The van der Waals surface area contributed by atoms with Crippen molar-refractivity contribution in [3.8, 4) is 0 Å². The maximum Gasteiger partial charge on any atom is 0.469 e. The van der Waals surface area contributed by atoms with Crippen LogP contribution in [-0.4, -0.2) is 62.8 Å². The summed E-state index contributed by atoms with van der Waals surface area (Å²) in [5.74, 6) is -0.264. The standard InChI is InChI=1S/C11H16N3O9P/c1-21-8-7(16)6(4-22-24(18,19)20)23-10(8)14-2-5(3-15)9(12)13-11(14)17/h2-3,6-8,10,16H,4H2,1H3,(H2,12,13,17)(H2,18,19,20)/t6-,7-,8-,10-/m1/s1. The normalized spacial score (nSPS) is 27.3. The summed E-state index contributed by atoms with van der Waals surface area (Å²) in [4.78, 5) is 43.8. The van der Waals surface area contributed by atoms with Crippen LogP contribution in [0.25, 0.3) is 0 Å². The Kier molecular flexibility index (Phi) is 5.50. The van der Waals surface area contributed by atoms with Crippen LogP contribution in [-0.2, 0) is 18.6 Å². The van der Waals surface area contributed by atoms with Crippen LogP contribution in [0.1, 0.15) is 16.6 Å². The molecule has 0 radical (unpaired) electrons. The van der Waals surface area contributed by atoms with E-state index in [-0.39, 0.29) is 11.4 Å². The van der Waals surface area contributed by atoms with Gasteiger partial charge in [-0.3, -0.25) is 13.9 Å². The fourth-order valence-electron chi connectivity index (χ4n) is 2.28. The first-order valence-corrected chi connectivity index (χ1v) is 8.11. The number of hydrogen-bond donors (Lipinski definition) is 4. The highest BCUT2D eigenvalue weighted by Crippen LogP contribution is 2.38. The predicted molar refractivity (Wildman–Crippen MR) is 77.0 cm³/mol. The number of methoxy groups -OCH3 is 1. The van der Waals surface area contributed by atoms with Crippen LogP contribution in [0.3, 0.4) is 0 Å². The molecule has 0 spiro atoms. The first kappa shape index (κ1) is 18.7. The van der Waals surface area contributed by atoms with Crippen LogP contribution in [0, 0.1) is 0 Å². The zero-order valence-corrected chi connectivity index (χ0v) is 13.3. The molecular weight excluding hydrogens is 349 g/mol. The van der Waals surface area contributed by atoms with Crippen molar-refractivity contribution in [3.63, 3.8) is 0 Å². The number of rotatable bonds is 6. The second-order valence-corrected chi connectivity index (χ2v) is 6.17. The molecule has 1 fully saturated rings. The largest absolute Gasteiger partial charge is 0.469 e. The molecule has 13 heteroatoms. The van der Waals surface area contributed by atoms with Gasteiger partial charge < -0.3 is 30.1 Å². The maximum atomic E-state index is 12.0. The summed E-state index contributed by atoms with van der Waals surface area (Å²) in [5.41, 5.74) is 4.51. The van der Waals surface area contributed by atoms with Crippen molar-refractivity contribution in [3.05, 3.63) is 22.2 Å². The van der Waals surface area contributed by atoms with Crippen molar-refractivity contribution in [2.24, 2.45) is 0 Å². The Hall–Kier alpha value is -1.66. The topological polar surface area (TPSA) is 183 Å². The van der Waals surface area contributed by atoms with Crippen molar-refractivity contribution >= 4 is 19.9 Å². The Balaban J connectivity index is 2.31. The highest BCUT2D eigenvalue weighted by Gasteiger charge is 2.46. The Labute approximate surface area is 135 Å². The predicted octanol–water partition coefficient (Wildman–Crippen LogP) is -1.98. The van der Waals surface area contributed by atoms with Crippen molar-refractivity contribution < 1.29 is 38.3 Å². The fourth-order valence-corrected chi connectivity index (χ4v) is 2.62. The number of hydrogen-bond acceptors (Lipinski definition) is 9. The van der Waals surface area contributed by atoms with Crippen molar-refractivity contribution in [2.75, 3.05) is 19.5 Å². The second kappa shape index (κ2) is 7.07. The van der Waals surface area contributed by atoms with Gasteiger partial charge in [-0.25, -0.2) is 9.36 Å². The van der Waals surface area contributed by atoms with E-state index in [4.69, 9.17) is 25.0 Å². The van der Waals surface area contributed by atoms with Gasteiger partial charge in [0.2, 0.25) is 0 Å². The molecule has 5 N–H and O–H groups in total. The van der Waals surface area contributed by atoms with Crippen LogP contribution in [0.2, 0.25) is 0 Å². The van der Waals surface area contributed by atoms with Crippen LogP contribution < -0.4 is 11.4 Å². The average molecular weight is 365 g/mol. The van der Waals surface area contributed by atoms with Gasteiger partial charge in [0.15, 0.2) is 12.5 Å². The third-order valence-electron chi connectivity index (χ3n) is 3.40. The van der Waals surface area contributed by atoms with Gasteiger partial charge in [-0.15, -0.1) is 0 Å². The Morgan fingerprint density at radius 3 is 2.75 bits per heavy atom. The summed E-state index contributed by atoms with van der Waals surface area (Å²) < 4.78 is 26.4. The van der Waals surface area contributed by atoms with Gasteiger partial charge in [0.05, 0.1) is 12.2 Å². The molecule has 2 rings (SSSR count). The van der Waals surface area contributed by atoms with Crippen LogP contribution in [0.5, 0.6) is 0 Å².